The predicted molar refractivity (Wildman–Crippen MR) is 77.4 cm³/mol. The highest BCUT2D eigenvalue weighted by molar-refractivity contribution is 6.03. The molecule has 1 fully saturated rings. The minimum atomic E-state index is -0.509. The lowest BCUT2D eigenvalue weighted by Gasteiger charge is -2.23. The first-order chi connectivity index (χ1) is 8.81. The SMILES string of the molecule is CC(C)C(N)CCN(C)C(=O)CN1CC(=O)NC1=O.Cl. The quantitative estimate of drug-likeness (QED) is 0.664. The van der Waals surface area contributed by atoms with Crippen molar-refractivity contribution in [3.8, 4) is 0 Å². The third-order valence-electron chi connectivity index (χ3n) is 3.27. The van der Waals surface area contributed by atoms with Crippen LogP contribution in [0.3, 0.4) is 0 Å². The maximum atomic E-state index is 11.9. The summed E-state index contributed by atoms with van der Waals surface area (Å²) in [5, 5.41) is 2.13. The van der Waals surface area contributed by atoms with Crippen molar-refractivity contribution in [2.75, 3.05) is 26.7 Å². The Bertz CT molecular complexity index is 376. The van der Waals surface area contributed by atoms with Gasteiger partial charge in [0.1, 0.15) is 13.1 Å². The van der Waals surface area contributed by atoms with Crippen molar-refractivity contribution in [3.05, 3.63) is 0 Å². The van der Waals surface area contributed by atoms with Gasteiger partial charge in [-0.1, -0.05) is 13.8 Å². The second kappa shape index (κ2) is 8.06. The maximum Gasteiger partial charge on any atom is 0.325 e. The largest absolute Gasteiger partial charge is 0.344 e. The van der Waals surface area contributed by atoms with Gasteiger partial charge in [0.15, 0.2) is 0 Å². The van der Waals surface area contributed by atoms with E-state index in [2.05, 4.69) is 5.32 Å². The number of amides is 4. The van der Waals surface area contributed by atoms with Gasteiger partial charge in [-0.05, 0) is 12.3 Å². The molecule has 0 aromatic rings. The van der Waals surface area contributed by atoms with Crippen LogP contribution in [-0.4, -0.2) is 60.4 Å². The Labute approximate surface area is 125 Å². The first-order valence-corrected chi connectivity index (χ1v) is 6.39. The summed E-state index contributed by atoms with van der Waals surface area (Å²) >= 11 is 0. The summed E-state index contributed by atoms with van der Waals surface area (Å²) < 4.78 is 0. The van der Waals surface area contributed by atoms with E-state index in [1.807, 2.05) is 13.8 Å². The van der Waals surface area contributed by atoms with E-state index in [9.17, 15) is 14.4 Å². The molecule has 4 amide bonds. The van der Waals surface area contributed by atoms with Crippen molar-refractivity contribution in [3.63, 3.8) is 0 Å². The van der Waals surface area contributed by atoms with E-state index in [1.54, 1.807) is 7.05 Å². The standard InChI is InChI=1S/C12H22N4O3.ClH/c1-8(2)9(13)4-5-15(3)11(18)7-16-6-10(17)14-12(16)19;/h8-9H,4-7,13H2,1-3H3,(H,14,17,19);1H. The average molecular weight is 307 g/mol. The molecule has 0 aromatic heterocycles. The lowest BCUT2D eigenvalue weighted by atomic mass is 10.0. The van der Waals surface area contributed by atoms with E-state index < -0.39 is 6.03 Å². The van der Waals surface area contributed by atoms with Crippen LogP contribution < -0.4 is 11.1 Å². The molecule has 1 rings (SSSR count). The second-order valence-corrected chi connectivity index (χ2v) is 5.22. The van der Waals surface area contributed by atoms with Crippen molar-refractivity contribution in [2.24, 2.45) is 11.7 Å². The van der Waals surface area contributed by atoms with Crippen LogP contribution in [0.1, 0.15) is 20.3 Å². The predicted octanol–water partition coefficient (Wildman–Crippen LogP) is -0.208. The van der Waals surface area contributed by atoms with Gasteiger partial charge in [0, 0.05) is 19.6 Å². The zero-order chi connectivity index (χ0) is 14.6. The topological polar surface area (TPSA) is 95.7 Å². The number of nitrogens with two attached hydrogens (primary N) is 1. The molecule has 0 aliphatic carbocycles. The van der Waals surface area contributed by atoms with Gasteiger partial charge in [-0.25, -0.2) is 4.79 Å². The molecule has 0 spiro atoms. The van der Waals surface area contributed by atoms with Gasteiger partial charge in [-0.3, -0.25) is 14.9 Å². The van der Waals surface area contributed by atoms with Crippen molar-refractivity contribution in [2.45, 2.75) is 26.3 Å². The van der Waals surface area contributed by atoms with Crippen molar-refractivity contribution >= 4 is 30.3 Å². The highest BCUT2D eigenvalue weighted by Gasteiger charge is 2.29. The minimum absolute atomic E-state index is 0. The van der Waals surface area contributed by atoms with Gasteiger partial charge in [0.05, 0.1) is 0 Å². The summed E-state index contributed by atoms with van der Waals surface area (Å²) in [7, 11) is 1.67. The number of halogens is 1. The molecule has 1 aliphatic rings. The maximum absolute atomic E-state index is 11.9. The fourth-order valence-corrected chi connectivity index (χ4v) is 1.70. The molecule has 3 N–H and O–H groups in total. The normalized spacial score (nSPS) is 15.9. The molecule has 0 radical (unpaired) electrons. The Morgan fingerprint density at radius 3 is 2.50 bits per heavy atom. The molecular formula is C12H23ClN4O3. The number of urea groups is 1. The number of carbonyl (C=O) groups excluding carboxylic acids is 3. The molecule has 1 heterocycles. The molecule has 8 heteroatoms. The van der Waals surface area contributed by atoms with Gasteiger partial charge in [-0.2, -0.15) is 0 Å². The number of hydrogen-bond donors (Lipinski definition) is 2. The van der Waals surface area contributed by atoms with E-state index in [0.717, 1.165) is 0 Å². The van der Waals surface area contributed by atoms with Crippen molar-refractivity contribution in [1.29, 1.82) is 0 Å². The summed E-state index contributed by atoms with van der Waals surface area (Å²) in [5.74, 6) is -0.200. The summed E-state index contributed by atoms with van der Waals surface area (Å²) in [4.78, 5) is 36.9. The molecule has 20 heavy (non-hydrogen) atoms. The highest BCUT2D eigenvalue weighted by Crippen LogP contribution is 2.05. The molecule has 0 saturated carbocycles. The van der Waals surface area contributed by atoms with E-state index in [1.165, 1.54) is 9.80 Å². The van der Waals surface area contributed by atoms with Crippen LogP contribution in [0.25, 0.3) is 0 Å². The third kappa shape index (κ3) is 5.34. The van der Waals surface area contributed by atoms with E-state index in [0.29, 0.717) is 18.9 Å². The van der Waals surface area contributed by atoms with Gasteiger partial charge in [-0.15, -0.1) is 12.4 Å². The van der Waals surface area contributed by atoms with Gasteiger partial charge >= 0.3 is 6.03 Å². The first kappa shape index (κ1) is 18.7. The summed E-state index contributed by atoms with van der Waals surface area (Å²) in [6.07, 6.45) is 0.713. The Kier molecular flexibility index (Phi) is 7.52. The molecule has 1 saturated heterocycles. The van der Waals surface area contributed by atoms with E-state index >= 15 is 0 Å². The van der Waals surface area contributed by atoms with E-state index in [-0.39, 0.29) is 43.4 Å². The monoisotopic (exact) mass is 306 g/mol. The van der Waals surface area contributed by atoms with Gasteiger partial charge in [0.2, 0.25) is 11.8 Å². The lowest BCUT2D eigenvalue weighted by Crippen LogP contribution is -2.41. The molecular weight excluding hydrogens is 284 g/mol. The first-order valence-electron chi connectivity index (χ1n) is 6.39. The zero-order valence-corrected chi connectivity index (χ0v) is 12.9. The van der Waals surface area contributed by atoms with Crippen LogP contribution in [0.4, 0.5) is 4.79 Å². The molecule has 116 valence electrons. The van der Waals surface area contributed by atoms with Gasteiger partial charge in [0.25, 0.3) is 0 Å². The number of likely N-dealkylation sites (N-methyl/N-ethyl adjacent to an activating group) is 1. The fourth-order valence-electron chi connectivity index (χ4n) is 1.70. The molecule has 0 bridgehead atoms. The number of carbonyl (C=O) groups is 3. The summed E-state index contributed by atoms with van der Waals surface area (Å²) in [6.45, 7) is 4.48. The summed E-state index contributed by atoms with van der Waals surface area (Å²) in [5.41, 5.74) is 5.91. The van der Waals surface area contributed by atoms with Crippen LogP contribution in [0.5, 0.6) is 0 Å². The molecule has 1 atom stereocenters. The Hall–Kier alpha value is -1.34. The Balaban J connectivity index is 0.00000361. The smallest absolute Gasteiger partial charge is 0.325 e. The van der Waals surface area contributed by atoms with Crippen LogP contribution in [0, 0.1) is 5.92 Å². The summed E-state index contributed by atoms with van der Waals surface area (Å²) in [6, 6.07) is -0.461. The number of nitrogens with zero attached hydrogens (tertiary/aromatic N) is 2. The molecule has 1 unspecified atom stereocenters. The van der Waals surface area contributed by atoms with Gasteiger partial charge < -0.3 is 15.5 Å². The fraction of sp³-hybridized carbons (Fsp3) is 0.750. The van der Waals surface area contributed by atoms with Crippen LogP contribution in [-0.2, 0) is 9.59 Å². The number of nitrogens with one attached hydrogen (secondary N) is 1. The zero-order valence-electron chi connectivity index (χ0n) is 12.1. The highest BCUT2D eigenvalue weighted by atomic mass is 35.5. The Morgan fingerprint density at radius 2 is 2.05 bits per heavy atom. The third-order valence-corrected chi connectivity index (χ3v) is 3.27. The van der Waals surface area contributed by atoms with E-state index in [4.69, 9.17) is 5.73 Å². The molecule has 7 nitrogen and oxygen atoms in total. The van der Waals surface area contributed by atoms with Crippen LogP contribution in [0.15, 0.2) is 0 Å². The molecule has 1 aliphatic heterocycles. The number of imide groups is 1. The Morgan fingerprint density at radius 1 is 1.45 bits per heavy atom. The van der Waals surface area contributed by atoms with Crippen molar-refractivity contribution in [1.82, 2.24) is 15.1 Å². The average Bonchev–Trinajstić information content (AvgIpc) is 2.63. The molecule has 0 aromatic carbocycles. The minimum Gasteiger partial charge on any atom is -0.344 e. The van der Waals surface area contributed by atoms with Crippen LogP contribution in [0.2, 0.25) is 0 Å². The second-order valence-electron chi connectivity index (χ2n) is 5.22. The van der Waals surface area contributed by atoms with Crippen molar-refractivity contribution < 1.29 is 14.4 Å². The number of hydrogen-bond acceptors (Lipinski definition) is 4. The lowest BCUT2D eigenvalue weighted by molar-refractivity contribution is -0.130. The van der Waals surface area contributed by atoms with Crippen LogP contribution >= 0.6 is 12.4 Å². The number of rotatable bonds is 6.